The fourth-order valence-electron chi connectivity index (χ4n) is 1.45. The minimum Gasteiger partial charge on any atom is -0.478 e. The highest BCUT2D eigenvalue weighted by Gasteiger charge is 2.14. The van der Waals surface area contributed by atoms with E-state index in [1.165, 1.54) is 0 Å². The van der Waals surface area contributed by atoms with Gasteiger partial charge in [0.2, 0.25) is 5.91 Å². The lowest BCUT2D eigenvalue weighted by Gasteiger charge is -2.09. The third kappa shape index (κ3) is 4.20. The zero-order valence-corrected chi connectivity index (χ0v) is 10.3. The van der Waals surface area contributed by atoms with Crippen molar-refractivity contribution < 1.29 is 23.5 Å². The molecule has 0 saturated heterocycles. The highest BCUT2D eigenvalue weighted by Crippen LogP contribution is 2.20. The Kier molecular flexibility index (Phi) is 5.23. The van der Waals surface area contributed by atoms with Crippen molar-refractivity contribution in [2.75, 3.05) is 18.4 Å². The van der Waals surface area contributed by atoms with E-state index in [9.17, 15) is 18.4 Å². The Balaban J connectivity index is 2.69. The molecule has 1 aromatic carbocycles. The Morgan fingerprint density at radius 2 is 1.84 bits per heavy atom. The summed E-state index contributed by atoms with van der Waals surface area (Å²) in [6, 6.07) is 1.44. The van der Waals surface area contributed by atoms with Gasteiger partial charge in [-0.05, 0) is 19.1 Å². The number of aromatic carboxylic acids is 1. The number of hydrogen-bond acceptors (Lipinski definition) is 3. The molecule has 0 aliphatic heterocycles. The molecule has 104 valence electrons. The number of carbonyl (C=O) groups is 2. The van der Waals surface area contributed by atoms with E-state index >= 15 is 0 Å². The standard InChI is InChI=1S/C12H14F2N2O3/c1-2-15-10(17)3-4-16-11-8(13)5-7(12(18)19)6-9(11)14/h5-6,16H,2-4H2,1H3,(H,15,17)(H,18,19). The quantitative estimate of drug-likeness (QED) is 0.735. The number of carboxylic acids is 1. The third-order valence-corrected chi connectivity index (χ3v) is 2.32. The van der Waals surface area contributed by atoms with Gasteiger partial charge in [-0.1, -0.05) is 0 Å². The van der Waals surface area contributed by atoms with Crippen molar-refractivity contribution in [3.63, 3.8) is 0 Å². The molecule has 0 atom stereocenters. The number of amides is 1. The molecule has 0 aromatic heterocycles. The summed E-state index contributed by atoms with van der Waals surface area (Å²) in [7, 11) is 0. The maximum atomic E-state index is 13.5. The molecule has 0 bridgehead atoms. The van der Waals surface area contributed by atoms with Gasteiger partial charge >= 0.3 is 5.97 Å². The van der Waals surface area contributed by atoms with E-state index in [4.69, 9.17) is 5.11 Å². The molecule has 0 aliphatic rings. The minimum atomic E-state index is -1.41. The predicted octanol–water partition coefficient (Wildman–Crippen LogP) is 1.60. The molecule has 0 spiro atoms. The van der Waals surface area contributed by atoms with Crippen molar-refractivity contribution >= 4 is 17.6 Å². The van der Waals surface area contributed by atoms with Crippen LogP contribution in [0.5, 0.6) is 0 Å². The fourth-order valence-corrected chi connectivity index (χ4v) is 1.45. The molecule has 0 fully saturated rings. The first kappa shape index (κ1) is 14.9. The van der Waals surface area contributed by atoms with Crippen molar-refractivity contribution in [3.8, 4) is 0 Å². The molecular weight excluding hydrogens is 258 g/mol. The van der Waals surface area contributed by atoms with Gasteiger partial charge in [0.05, 0.1) is 5.56 Å². The number of nitrogens with one attached hydrogen (secondary N) is 2. The molecule has 1 amide bonds. The second kappa shape index (κ2) is 6.67. The Morgan fingerprint density at radius 3 is 2.32 bits per heavy atom. The molecule has 0 radical (unpaired) electrons. The number of benzene rings is 1. The second-order valence-electron chi connectivity index (χ2n) is 3.75. The zero-order chi connectivity index (χ0) is 14.4. The first-order chi connectivity index (χ1) is 8.95. The number of anilines is 1. The Labute approximate surface area is 108 Å². The van der Waals surface area contributed by atoms with Crippen LogP contribution in [0.3, 0.4) is 0 Å². The smallest absolute Gasteiger partial charge is 0.335 e. The van der Waals surface area contributed by atoms with E-state index in [0.717, 1.165) is 12.1 Å². The summed E-state index contributed by atoms with van der Waals surface area (Å²) >= 11 is 0. The van der Waals surface area contributed by atoms with E-state index in [1.54, 1.807) is 6.92 Å². The van der Waals surface area contributed by atoms with E-state index < -0.39 is 28.9 Å². The molecule has 3 N–H and O–H groups in total. The molecule has 5 nitrogen and oxygen atoms in total. The average Bonchev–Trinajstić information content (AvgIpc) is 2.32. The van der Waals surface area contributed by atoms with Gasteiger partial charge in [0, 0.05) is 19.5 Å². The number of carboxylic acid groups (broad SMARTS) is 1. The van der Waals surface area contributed by atoms with Crippen LogP contribution in [0.25, 0.3) is 0 Å². The summed E-state index contributed by atoms with van der Waals surface area (Å²) < 4.78 is 27.0. The van der Waals surface area contributed by atoms with Crippen LogP contribution in [0.2, 0.25) is 0 Å². The molecule has 1 aromatic rings. The lowest BCUT2D eigenvalue weighted by Crippen LogP contribution is -2.25. The van der Waals surface area contributed by atoms with Crippen LogP contribution in [0, 0.1) is 11.6 Å². The lowest BCUT2D eigenvalue weighted by atomic mass is 10.2. The molecule has 7 heteroatoms. The summed E-state index contributed by atoms with van der Waals surface area (Å²) in [4.78, 5) is 21.7. The van der Waals surface area contributed by atoms with Crippen LogP contribution >= 0.6 is 0 Å². The predicted molar refractivity (Wildman–Crippen MR) is 65.1 cm³/mol. The first-order valence-corrected chi connectivity index (χ1v) is 5.68. The summed E-state index contributed by atoms with van der Waals surface area (Å²) in [6.45, 7) is 2.29. The van der Waals surface area contributed by atoms with Gasteiger partial charge in [-0.3, -0.25) is 4.79 Å². The maximum absolute atomic E-state index is 13.5. The molecule has 1 rings (SSSR count). The Morgan fingerprint density at radius 1 is 1.26 bits per heavy atom. The number of carbonyl (C=O) groups excluding carboxylic acids is 1. The van der Waals surface area contributed by atoms with Crippen molar-refractivity contribution in [2.45, 2.75) is 13.3 Å². The van der Waals surface area contributed by atoms with Crippen LogP contribution in [0.4, 0.5) is 14.5 Å². The van der Waals surface area contributed by atoms with Gasteiger partial charge in [-0.15, -0.1) is 0 Å². The molecular formula is C12H14F2N2O3. The Bertz CT molecular complexity index is 469. The van der Waals surface area contributed by atoms with Crippen molar-refractivity contribution in [3.05, 3.63) is 29.3 Å². The minimum absolute atomic E-state index is 0.0477. The topological polar surface area (TPSA) is 78.4 Å². The highest BCUT2D eigenvalue weighted by molar-refractivity contribution is 5.88. The zero-order valence-electron chi connectivity index (χ0n) is 10.3. The van der Waals surface area contributed by atoms with Gasteiger partial charge in [0.15, 0.2) is 0 Å². The Hall–Kier alpha value is -2.18. The highest BCUT2D eigenvalue weighted by atomic mass is 19.1. The average molecular weight is 272 g/mol. The fraction of sp³-hybridized carbons (Fsp3) is 0.333. The summed E-state index contributed by atoms with van der Waals surface area (Å²) in [5.41, 5.74) is -0.904. The second-order valence-corrected chi connectivity index (χ2v) is 3.75. The maximum Gasteiger partial charge on any atom is 0.335 e. The van der Waals surface area contributed by atoms with E-state index in [1.807, 2.05) is 0 Å². The van der Waals surface area contributed by atoms with Crippen LogP contribution < -0.4 is 10.6 Å². The van der Waals surface area contributed by atoms with Crippen LogP contribution in [0.1, 0.15) is 23.7 Å². The van der Waals surface area contributed by atoms with Crippen molar-refractivity contribution in [2.24, 2.45) is 0 Å². The van der Waals surface area contributed by atoms with Gasteiger partial charge in [-0.25, -0.2) is 13.6 Å². The molecule has 0 aliphatic carbocycles. The van der Waals surface area contributed by atoms with E-state index in [2.05, 4.69) is 10.6 Å². The molecule has 19 heavy (non-hydrogen) atoms. The summed E-state index contributed by atoms with van der Waals surface area (Å²) in [5.74, 6) is -3.66. The number of halogens is 2. The molecule has 0 heterocycles. The van der Waals surface area contributed by atoms with Gasteiger partial charge < -0.3 is 15.7 Å². The number of rotatable bonds is 6. The first-order valence-electron chi connectivity index (χ1n) is 5.68. The van der Waals surface area contributed by atoms with Gasteiger partial charge in [0.25, 0.3) is 0 Å². The summed E-state index contributed by atoms with van der Waals surface area (Å²) in [5, 5.41) is 13.6. The number of hydrogen-bond donors (Lipinski definition) is 3. The van der Waals surface area contributed by atoms with Crippen LogP contribution in [0.15, 0.2) is 12.1 Å². The van der Waals surface area contributed by atoms with Gasteiger partial charge in [0.1, 0.15) is 17.3 Å². The SMILES string of the molecule is CCNC(=O)CCNc1c(F)cc(C(=O)O)cc1F. The summed E-state index contributed by atoms with van der Waals surface area (Å²) in [6.07, 6.45) is 0.0629. The third-order valence-electron chi connectivity index (χ3n) is 2.32. The van der Waals surface area contributed by atoms with Crippen LogP contribution in [-0.2, 0) is 4.79 Å². The molecule has 0 saturated carbocycles. The van der Waals surface area contributed by atoms with E-state index in [-0.39, 0.29) is 18.9 Å². The monoisotopic (exact) mass is 272 g/mol. The van der Waals surface area contributed by atoms with E-state index in [0.29, 0.717) is 6.54 Å². The lowest BCUT2D eigenvalue weighted by molar-refractivity contribution is -0.120. The van der Waals surface area contributed by atoms with Crippen molar-refractivity contribution in [1.82, 2.24) is 5.32 Å². The van der Waals surface area contributed by atoms with Crippen LogP contribution in [-0.4, -0.2) is 30.1 Å². The largest absolute Gasteiger partial charge is 0.478 e. The van der Waals surface area contributed by atoms with Gasteiger partial charge in [-0.2, -0.15) is 0 Å². The normalized spacial score (nSPS) is 10.1. The molecule has 0 unspecified atom stereocenters. The van der Waals surface area contributed by atoms with Crippen molar-refractivity contribution in [1.29, 1.82) is 0 Å².